The molecule has 2 rings (SSSR count). The van der Waals surface area contributed by atoms with Crippen LogP contribution in [0.1, 0.15) is 38.8 Å². The first-order valence-corrected chi connectivity index (χ1v) is 9.99. The fourth-order valence-corrected chi connectivity index (χ4v) is 3.15. The van der Waals surface area contributed by atoms with Crippen LogP contribution < -0.4 is 10.6 Å². The lowest BCUT2D eigenvalue weighted by Crippen LogP contribution is -2.50. The summed E-state index contributed by atoms with van der Waals surface area (Å²) in [7, 11) is 0. The van der Waals surface area contributed by atoms with E-state index in [-0.39, 0.29) is 17.9 Å². The minimum absolute atomic E-state index is 0.0277. The fraction of sp³-hybridized carbons (Fsp3) is 0.619. The molecular formula is C21H34N4O2. The highest BCUT2D eigenvalue weighted by atomic mass is 16.2. The molecule has 1 atom stereocenters. The van der Waals surface area contributed by atoms with E-state index in [0.717, 1.165) is 44.8 Å². The highest BCUT2D eigenvalue weighted by Crippen LogP contribution is 2.11. The number of carbonyl (C=O) groups is 2. The first-order valence-electron chi connectivity index (χ1n) is 9.99. The molecule has 1 aromatic rings. The number of amides is 2. The van der Waals surface area contributed by atoms with Gasteiger partial charge in [0.15, 0.2) is 0 Å². The lowest BCUT2D eigenvalue weighted by atomic mass is 10.1. The molecule has 1 aromatic carbocycles. The van der Waals surface area contributed by atoms with Gasteiger partial charge in [0.05, 0.1) is 12.6 Å². The minimum Gasteiger partial charge on any atom is -0.355 e. The maximum Gasteiger partial charge on any atom is 0.234 e. The summed E-state index contributed by atoms with van der Waals surface area (Å²) in [6.45, 7) is 11.7. The van der Waals surface area contributed by atoms with Crippen LogP contribution in [0.15, 0.2) is 30.3 Å². The first-order chi connectivity index (χ1) is 12.9. The van der Waals surface area contributed by atoms with E-state index in [1.54, 1.807) is 0 Å². The summed E-state index contributed by atoms with van der Waals surface area (Å²) < 4.78 is 0. The molecule has 1 fully saturated rings. The van der Waals surface area contributed by atoms with E-state index in [0.29, 0.717) is 18.9 Å². The van der Waals surface area contributed by atoms with Crippen LogP contribution >= 0.6 is 0 Å². The van der Waals surface area contributed by atoms with Crippen molar-refractivity contribution in [3.63, 3.8) is 0 Å². The zero-order valence-electron chi connectivity index (χ0n) is 16.9. The second kappa shape index (κ2) is 11.0. The molecule has 0 aliphatic carbocycles. The molecule has 0 bridgehead atoms. The summed E-state index contributed by atoms with van der Waals surface area (Å²) in [5.41, 5.74) is 1.12. The highest BCUT2D eigenvalue weighted by Gasteiger charge is 2.19. The number of piperazine rings is 1. The highest BCUT2D eigenvalue weighted by molar-refractivity contribution is 5.78. The summed E-state index contributed by atoms with van der Waals surface area (Å²) in [5.74, 6) is 0.662. The van der Waals surface area contributed by atoms with Crippen LogP contribution in [0.3, 0.4) is 0 Å². The Morgan fingerprint density at radius 2 is 1.59 bits per heavy atom. The summed E-state index contributed by atoms with van der Waals surface area (Å²) in [5, 5.41) is 6.03. The third-order valence-electron chi connectivity index (χ3n) is 4.87. The number of hydrogen-bond acceptors (Lipinski definition) is 4. The lowest BCUT2D eigenvalue weighted by molar-refractivity contribution is -0.122. The van der Waals surface area contributed by atoms with Crippen LogP contribution in [-0.4, -0.2) is 67.4 Å². The largest absolute Gasteiger partial charge is 0.355 e. The molecule has 1 aliphatic heterocycles. The Morgan fingerprint density at radius 1 is 0.963 bits per heavy atom. The molecule has 1 unspecified atom stereocenters. The quantitative estimate of drug-likeness (QED) is 0.690. The minimum atomic E-state index is 0.0277. The van der Waals surface area contributed by atoms with Crippen molar-refractivity contribution >= 4 is 11.8 Å². The monoisotopic (exact) mass is 374 g/mol. The van der Waals surface area contributed by atoms with E-state index in [1.807, 2.05) is 37.3 Å². The summed E-state index contributed by atoms with van der Waals surface area (Å²) in [6.07, 6.45) is 0.506. The summed E-state index contributed by atoms with van der Waals surface area (Å²) >= 11 is 0. The third kappa shape index (κ3) is 8.10. The van der Waals surface area contributed by atoms with Crippen molar-refractivity contribution in [1.82, 2.24) is 20.4 Å². The molecule has 1 saturated heterocycles. The predicted molar refractivity (Wildman–Crippen MR) is 108 cm³/mol. The summed E-state index contributed by atoms with van der Waals surface area (Å²) in [6, 6.07) is 10.0. The molecule has 6 heteroatoms. The van der Waals surface area contributed by atoms with Crippen molar-refractivity contribution in [2.24, 2.45) is 5.92 Å². The fourth-order valence-electron chi connectivity index (χ4n) is 3.15. The molecule has 0 spiro atoms. The number of benzene rings is 1. The van der Waals surface area contributed by atoms with Gasteiger partial charge in [0.1, 0.15) is 0 Å². The summed E-state index contributed by atoms with van der Waals surface area (Å²) in [4.78, 5) is 28.6. The zero-order chi connectivity index (χ0) is 19.6. The second-order valence-electron chi connectivity index (χ2n) is 7.77. The molecule has 1 heterocycles. The van der Waals surface area contributed by atoms with Gasteiger partial charge in [-0.3, -0.25) is 14.5 Å². The number of rotatable bonds is 9. The van der Waals surface area contributed by atoms with Gasteiger partial charge in [0, 0.05) is 45.7 Å². The molecular weight excluding hydrogens is 340 g/mol. The third-order valence-corrected chi connectivity index (χ3v) is 4.87. The van der Waals surface area contributed by atoms with Gasteiger partial charge in [0.25, 0.3) is 0 Å². The van der Waals surface area contributed by atoms with Crippen molar-refractivity contribution in [1.29, 1.82) is 0 Å². The Hall–Kier alpha value is -1.92. The smallest absolute Gasteiger partial charge is 0.234 e. The van der Waals surface area contributed by atoms with Gasteiger partial charge >= 0.3 is 0 Å². The van der Waals surface area contributed by atoms with Crippen molar-refractivity contribution in [3.8, 4) is 0 Å². The van der Waals surface area contributed by atoms with E-state index in [4.69, 9.17) is 0 Å². The van der Waals surface area contributed by atoms with Gasteiger partial charge in [-0.25, -0.2) is 0 Å². The molecule has 1 aliphatic rings. The van der Waals surface area contributed by atoms with Crippen molar-refractivity contribution < 1.29 is 9.59 Å². The molecule has 0 radical (unpaired) electrons. The van der Waals surface area contributed by atoms with Crippen molar-refractivity contribution in [2.75, 3.05) is 45.8 Å². The molecule has 2 amide bonds. The number of nitrogens with one attached hydrogen (secondary N) is 2. The predicted octanol–water partition coefficient (Wildman–Crippen LogP) is 1.64. The van der Waals surface area contributed by atoms with Crippen LogP contribution in [-0.2, 0) is 9.59 Å². The van der Waals surface area contributed by atoms with Gasteiger partial charge in [-0.15, -0.1) is 0 Å². The van der Waals surface area contributed by atoms with E-state index in [9.17, 15) is 9.59 Å². The maximum atomic E-state index is 12.2. The molecule has 0 saturated carbocycles. The Labute approximate surface area is 163 Å². The Bertz CT molecular complexity index is 583. The van der Waals surface area contributed by atoms with E-state index in [1.165, 1.54) is 0 Å². The number of nitrogens with zero attached hydrogens (tertiary/aromatic N) is 2. The van der Waals surface area contributed by atoms with Crippen LogP contribution in [0.4, 0.5) is 0 Å². The van der Waals surface area contributed by atoms with Crippen molar-refractivity contribution in [3.05, 3.63) is 35.9 Å². The topological polar surface area (TPSA) is 64.7 Å². The van der Waals surface area contributed by atoms with Crippen LogP contribution in [0, 0.1) is 5.92 Å². The van der Waals surface area contributed by atoms with Gasteiger partial charge in [0.2, 0.25) is 11.8 Å². The van der Waals surface area contributed by atoms with Gasteiger partial charge < -0.3 is 15.5 Å². The Kier molecular flexibility index (Phi) is 8.75. The molecule has 27 heavy (non-hydrogen) atoms. The first kappa shape index (κ1) is 21.4. The Morgan fingerprint density at radius 3 is 2.22 bits per heavy atom. The van der Waals surface area contributed by atoms with Gasteiger partial charge in [-0.05, 0) is 18.4 Å². The van der Waals surface area contributed by atoms with Crippen molar-refractivity contribution in [2.45, 2.75) is 33.2 Å². The molecule has 0 aromatic heterocycles. The van der Waals surface area contributed by atoms with Gasteiger partial charge in [-0.2, -0.15) is 0 Å². The second-order valence-corrected chi connectivity index (χ2v) is 7.77. The zero-order valence-corrected chi connectivity index (χ0v) is 16.9. The molecule has 150 valence electrons. The SMILES string of the molecule is CC(C)CNC(=O)CN1CCN(CCC(=O)NC(C)c2ccccc2)CC1. The molecule has 6 nitrogen and oxygen atoms in total. The van der Waals surface area contributed by atoms with E-state index < -0.39 is 0 Å². The standard InChI is InChI=1S/C21H34N4O2/c1-17(2)15-22-21(27)16-25-13-11-24(12-14-25)10-9-20(26)23-18(3)19-7-5-4-6-8-19/h4-8,17-18H,9-16H2,1-3H3,(H,22,27)(H,23,26). The number of hydrogen-bond donors (Lipinski definition) is 2. The lowest BCUT2D eigenvalue weighted by Gasteiger charge is -2.34. The molecule has 2 N–H and O–H groups in total. The van der Waals surface area contributed by atoms with E-state index >= 15 is 0 Å². The number of carbonyl (C=O) groups excluding carboxylic acids is 2. The van der Waals surface area contributed by atoms with E-state index in [2.05, 4.69) is 34.3 Å². The Balaban J connectivity index is 1.61. The van der Waals surface area contributed by atoms with Crippen LogP contribution in [0.2, 0.25) is 0 Å². The normalized spacial score (nSPS) is 16.9. The van der Waals surface area contributed by atoms with Gasteiger partial charge in [-0.1, -0.05) is 44.2 Å². The maximum absolute atomic E-state index is 12.2. The average Bonchev–Trinajstić information content (AvgIpc) is 2.66. The van der Waals surface area contributed by atoms with Crippen LogP contribution in [0.25, 0.3) is 0 Å². The van der Waals surface area contributed by atoms with Crippen LogP contribution in [0.5, 0.6) is 0 Å². The average molecular weight is 375 g/mol.